The van der Waals surface area contributed by atoms with E-state index in [4.69, 9.17) is 10.5 Å². The molecule has 0 bridgehead atoms. The average Bonchev–Trinajstić information content (AvgIpc) is 3.10. The van der Waals surface area contributed by atoms with Crippen molar-refractivity contribution >= 4 is 11.6 Å². The molecule has 4 heteroatoms. The fourth-order valence-corrected chi connectivity index (χ4v) is 1.79. The first kappa shape index (κ1) is 11.8. The molecule has 0 heterocycles. The topological polar surface area (TPSA) is 64.3 Å². The van der Waals surface area contributed by atoms with Crippen LogP contribution in [0.3, 0.4) is 0 Å². The molecule has 0 spiro atoms. The molecule has 1 aromatic carbocycles. The van der Waals surface area contributed by atoms with Crippen molar-refractivity contribution in [3.05, 3.63) is 23.8 Å². The van der Waals surface area contributed by atoms with Crippen LogP contribution in [-0.2, 0) is 11.3 Å². The zero-order chi connectivity index (χ0) is 12.3. The highest BCUT2D eigenvalue weighted by Crippen LogP contribution is 2.32. The summed E-state index contributed by atoms with van der Waals surface area (Å²) in [6.07, 6.45) is 3.02. The number of hydrogen-bond acceptors (Lipinski definition) is 3. The minimum absolute atomic E-state index is 0.108. The first-order valence-electron chi connectivity index (χ1n) is 5.88. The number of ether oxygens (including phenoxy) is 1. The van der Waals surface area contributed by atoms with Crippen LogP contribution in [0.25, 0.3) is 0 Å². The lowest BCUT2D eigenvalue weighted by Crippen LogP contribution is -2.23. The van der Waals surface area contributed by atoms with Crippen molar-refractivity contribution < 1.29 is 9.53 Å². The Balaban J connectivity index is 1.92. The minimum atomic E-state index is 0.108. The van der Waals surface area contributed by atoms with Crippen LogP contribution in [0, 0.1) is 5.92 Å². The molecular formula is C13H18N2O2. The van der Waals surface area contributed by atoms with E-state index in [2.05, 4.69) is 5.32 Å². The summed E-state index contributed by atoms with van der Waals surface area (Å²) in [5.41, 5.74) is 7.30. The number of amides is 1. The fourth-order valence-electron chi connectivity index (χ4n) is 1.79. The third-order valence-corrected chi connectivity index (χ3v) is 2.95. The van der Waals surface area contributed by atoms with E-state index in [9.17, 15) is 4.79 Å². The summed E-state index contributed by atoms with van der Waals surface area (Å²) in [6.45, 7) is 0.472. The molecule has 1 amide bonds. The molecule has 3 N–H and O–H groups in total. The van der Waals surface area contributed by atoms with Crippen molar-refractivity contribution in [1.29, 1.82) is 0 Å². The number of anilines is 1. The van der Waals surface area contributed by atoms with E-state index in [1.165, 1.54) is 12.8 Å². The fraction of sp³-hybridized carbons (Fsp3) is 0.462. The van der Waals surface area contributed by atoms with Crippen molar-refractivity contribution in [2.45, 2.75) is 25.8 Å². The largest absolute Gasteiger partial charge is 0.496 e. The Morgan fingerprint density at radius 1 is 1.53 bits per heavy atom. The van der Waals surface area contributed by atoms with Crippen molar-refractivity contribution in [3.63, 3.8) is 0 Å². The molecule has 1 aromatic rings. The molecule has 1 saturated carbocycles. The summed E-state index contributed by atoms with van der Waals surface area (Å²) < 4.78 is 5.22. The van der Waals surface area contributed by atoms with Gasteiger partial charge in [-0.1, -0.05) is 0 Å². The predicted molar refractivity (Wildman–Crippen MR) is 66.6 cm³/mol. The lowest BCUT2D eigenvalue weighted by molar-refractivity contribution is -0.121. The third kappa shape index (κ3) is 3.37. The number of nitrogens with one attached hydrogen (secondary N) is 1. The second-order valence-electron chi connectivity index (χ2n) is 4.50. The monoisotopic (exact) mass is 234 g/mol. The molecule has 17 heavy (non-hydrogen) atoms. The van der Waals surface area contributed by atoms with Gasteiger partial charge in [0.2, 0.25) is 5.91 Å². The van der Waals surface area contributed by atoms with Gasteiger partial charge >= 0.3 is 0 Å². The Morgan fingerprint density at radius 3 is 2.94 bits per heavy atom. The number of nitrogens with two attached hydrogens (primary N) is 1. The summed E-state index contributed by atoms with van der Waals surface area (Å²) in [6, 6.07) is 5.43. The van der Waals surface area contributed by atoms with Crippen LogP contribution in [0.2, 0.25) is 0 Å². The number of rotatable bonds is 5. The Hall–Kier alpha value is -1.71. The second kappa shape index (κ2) is 5.08. The van der Waals surface area contributed by atoms with Gasteiger partial charge in [0.05, 0.1) is 7.11 Å². The van der Waals surface area contributed by atoms with E-state index in [1.807, 2.05) is 12.1 Å². The van der Waals surface area contributed by atoms with E-state index >= 15 is 0 Å². The maximum atomic E-state index is 11.6. The van der Waals surface area contributed by atoms with Crippen LogP contribution in [0.5, 0.6) is 5.75 Å². The summed E-state index contributed by atoms with van der Waals surface area (Å²) in [5, 5.41) is 2.90. The average molecular weight is 234 g/mol. The highest BCUT2D eigenvalue weighted by molar-refractivity contribution is 5.76. The van der Waals surface area contributed by atoms with E-state index in [1.54, 1.807) is 13.2 Å². The number of benzene rings is 1. The number of hydrogen-bond donors (Lipinski definition) is 2. The van der Waals surface area contributed by atoms with Gasteiger partial charge in [-0.15, -0.1) is 0 Å². The Labute approximate surface area is 101 Å². The van der Waals surface area contributed by atoms with E-state index in [-0.39, 0.29) is 5.91 Å². The van der Waals surface area contributed by atoms with Crippen LogP contribution in [0.4, 0.5) is 5.69 Å². The summed E-state index contributed by atoms with van der Waals surface area (Å²) in [4.78, 5) is 11.6. The molecule has 0 unspecified atom stereocenters. The minimum Gasteiger partial charge on any atom is -0.496 e. The molecular weight excluding hydrogens is 216 g/mol. The maximum absolute atomic E-state index is 11.6. The Kier molecular flexibility index (Phi) is 3.52. The second-order valence-corrected chi connectivity index (χ2v) is 4.50. The first-order chi connectivity index (χ1) is 8.19. The molecule has 0 saturated heterocycles. The normalized spacial score (nSPS) is 14.4. The highest BCUT2D eigenvalue weighted by atomic mass is 16.5. The van der Waals surface area contributed by atoms with Gasteiger partial charge in [0.25, 0.3) is 0 Å². The molecule has 0 radical (unpaired) electrons. The quantitative estimate of drug-likeness (QED) is 0.762. The molecule has 4 nitrogen and oxygen atoms in total. The Morgan fingerprint density at radius 2 is 2.29 bits per heavy atom. The lowest BCUT2D eigenvalue weighted by atomic mass is 10.1. The molecule has 0 atom stereocenters. The molecule has 2 rings (SSSR count). The smallest absolute Gasteiger partial charge is 0.220 e. The standard InChI is InChI=1S/C13H18N2O2/c1-17-12-5-4-11(14)7-10(12)8-15-13(16)6-9-2-3-9/h4-5,7,9H,2-3,6,8,14H2,1H3,(H,15,16). The zero-order valence-electron chi connectivity index (χ0n) is 10.0. The number of nitrogen functional groups attached to an aromatic ring is 1. The van der Waals surface area contributed by atoms with Crippen molar-refractivity contribution in [2.24, 2.45) is 5.92 Å². The van der Waals surface area contributed by atoms with E-state index in [0.29, 0.717) is 24.6 Å². The molecule has 0 aromatic heterocycles. The van der Waals surface area contributed by atoms with Gasteiger partial charge in [0, 0.05) is 24.2 Å². The van der Waals surface area contributed by atoms with Gasteiger partial charge < -0.3 is 15.8 Å². The van der Waals surface area contributed by atoms with Crippen molar-refractivity contribution in [3.8, 4) is 5.75 Å². The van der Waals surface area contributed by atoms with Gasteiger partial charge in [-0.25, -0.2) is 0 Å². The summed E-state index contributed by atoms with van der Waals surface area (Å²) in [5.74, 6) is 1.47. The summed E-state index contributed by atoms with van der Waals surface area (Å²) >= 11 is 0. The van der Waals surface area contributed by atoms with Gasteiger partial charge in [-0.2, -0.15) is 0 Å². The molecule has 0 aliphatic heterocycles. The number of methoxy groups -OCH3 is 1. The van der Waals surface area contributed by atoms with Crippen LogP contribution >= 0.6 is 0 Å². The molecule has 1 fully saturated rings. The molecule has 1 aliphatic carbocycles. The number of carbonyl (C=O) groups is 1. The van der Waals surface area contributed by atoms with E-state index in [0.717, 1.165) is 11.3 Å². The van der Waals surface area contributed by atoms with Crippen LogP contribution in [0.1, 0.15) is 24.8 Å². The van der Waals surface area contributed by atoms with Crippen LogP contribution in [0.15, 0.2) is 18.2 Å². The third-order valence-electron chi connectivity index (χ3n) is 2.95. The van der Waals surface area contributed by atoms with Crippen molar-refractivity contribution in [1.82, 2.24) is 5.32 Å². The number of carbonyl (C=O) groups excluding carboxylic acids is 1. The van der Waals surface area contributed by atoms with Gasteiger partial charge in [0.1, 0.15) is 5.75 Å². The maximum Gasteiger partial charge on any atom is 0.220 e. The molecule has 92 valence electrons. The SMILES string of the molecule is COc1ccc(N)cc1CNC(=O)CC1CC1. The van der Waals surface area contributed by atoms with Crippen LogP contribution < -0.4 is 15.8 Å². The summed E-state index contributed by atoms with van der Waals surface area (Å²) in [7, 11) is 1.61. The van der Waals surface area contributed by atoms with E-state index < -0.39 is 0 Å². The highest BCUT2D eigenvalue weighted by Gasteiger charge is 2.24. The first-order valence-corrected chi connectivity index (χ1v) is 5.88. The van der Waals surface area contributed by atoms with Crippen LogP contribution in [-0.4, -0.2) is 13.0 Å². The van der Waals surface area contributed by atoms with Gasteiger partial charge in [-0.05, 0) is 37.0 Å². The van der Waals surface area contributed by atoms with Gasteiger partial charge in [-0.3, -0.25) is 4.79 Å². The van der Waals surface area contributed by atoms with Crippen molar-refractivity contribution in [2.75, 3.05) is 12.8 Å². The lowest BCUT2D eigenvalue weighted by Gasteiger charge is -2.10. The molecule has 1 aliphatic rings. The predicted octanol–water partition coefficient (Wildman–Crippen LogP) is 1.69. The van der Waals surface area contributed by atoms with Gasteiger partial charge in [0.15, 0.2) is 0 Å². The Bertz CT molecular complexity index is 414. The zero-order valence-corrected chi connectivity index (χ0v) is 10.0.